The Morgan fingerprint density at radius 3 is 2.46 bits per heavy atom. The minimum Gasteiger partial charge on any atom is -0.327 e. The third-order valence-electron chi connectivity index (χ3n) is 4.79. The summed E-state index contributed by atoms with van der Waals surface area (Å²) in [6.07, 6.45) is -0.414. The van der Waals surface area contributed by atoms with Gasteiger partial charge in [-0.25, -0.2) is 4.79 Å². The molecule has 6 nitrogen and oxygen atoms in total. The predicted molar refractivity (Wildman–Crippen MR) is 108 cm³/mol. The van der Waals surface area contributed by atoms with Gasteiger partial charge < -0.3 is 14.8 Å². The Labute approximate surface area is 174 Å². The molecule has 0 unspecified atom stereocenters. The van der Waals surface area contributed by atoms with Crippen molar-refractivity contribution in [1.29, 1.82) is 0 Å². The summed E-state index contributed by atoms with van der Waals surface area (Å²) < 4.78 is 29.6. The molecule has 2 aromatic carbocycles. The van der Waals surface area contributed by atoms with Crippen molar-refractivity contribution in [3.8, 4) is 0 Å². The van der Waals surface area contributed by atoms with E-state index in [0.29, 0.717) is 23.0 Å². The number of carbonyl (C=O) groups is 1. The van der Waals surface area contributed by atoms with E-state index >= 15 is 0 Å². The lowest BCUT2D eigenvalue weighted by atomic mass is 9.87. The van der Waals surface area contributed by atoms with Gasteiger partial charge in [0.1, 0.15) is 4.90 Å². The summed E-state index contributed by atoms with van der Waals surface area (Å²) in [5.74, 6) is -0.210. The van der Waals surface area contributed by atoms with E-state index in [4.69, 9.17) is 33.1 Å². The first-order chi connectivity index (χ1) is 13.2. The molecule has 9 heteroatoms. The summed E-state index contributed by atoms with van der Waals surface area (Å²) in [6, 6.07) is 11.1. The smallest absolute Gasteiger partial charge is 0.327 e. The van der Waals surface area contributed by atoms with Crippen LogP contribution in [0.15, 0.2) is 47.4 Å². The number of amides is 1. The number of hydrogen-bond acceptors (Lipinski definition) is 5. The maximum atomic E-state index is 12.5. The number of carbonyl (C=O) groups excluding carboxylic acids is 1. The van der Waals surface area contributed by atoms with E-state index in [-0.39, 0.29) is 23.4 Å². The maximum absolute atomic E-state index is 12.5. The van der Waals surface area contributed by atoms with Gasteiger partial charge >= 0.3 is 16.2 Å². The first-order valence-corrected chi connectivity index (χ1v) is 10.8. The van der Waals surface area contributed by atoms with Crippen molar-refractivity contribution >= 4 is 39.4 Å². The lowest BCUT2D eigenvalue weighted by Crippen LogP contribution is -2.48. The topological polar surface area (TPSA) is 89.7 Å². The van der Waals surface area contributed by atoms with Crippen molar-refractivity contribution in [2.24, 2.45) is 5.73 Å². The Kier molecular flexibility index (Phi) is 6.19. The molecule has 1 heterocycles. The first kappa shape index (κ1) is 20.9. The fourth-order valence-corrected chi connectivity index (χ4v) is 4.30. The first-order valence-electron chi connectivity index (χ1n) is 8.68. The quantitative estimate of drug-likeness (QED) is 0.726. The number of piperidine rings is 1. The summed E-state index contributed by atoms with van der Waals surface area (Å²) in [5, 5.41) is 0.822. The van der Waals surface area contributed by atoms with Gasteiger partial charge in [-0.05, 0) is 43.2 Å². The SMILES string of the molecule is Cc1ccc(S(=O)(=O)OC(=O)N2CC[C@H](N)[C@@H](c3ccc(Cl)c(Cl)c3)C2)cc1. The molecular weight excluding hydrogens is 423 g/mol. The van der Waals surface area contributed by atoms with Crippen LogP contribution in [0, 0.1) is 6.92 Å². The Hall–Kier alpha value is -1.80. The highest BCUT2D eigenvalue weighted by Gasteiger charge is 2.33. The molecule has 2 N–H and O–H groups in total. The largest absolute Gasteiger partial charge is 0.425 e. The summed E-state index contributed by atoms with van der Waals surface area (Å²) in [5.41, 5.74) is 7.96. The summed E-state index contributed by atoms with van der Waals surface area (Å²) in [6.45, 7) is 2.37. The number of likely N-dealkylation sites (tertiary alicyclic amines) is 1. The molecule has 0 radical (unpaired) electrons. The Morgan fingerprint density at radius 2 is 1.82 bits per heavy atom. The van der Waals surface area contributed by atoms with Gasteiger partial charge in [-0.2, -0.15) is 8.42 Å². The second-order valence-electron chi connectivity index (χ2n) is 6.80. The van der Waals surface area contributed by atoms with Gasteiger partial charge in [0.05, 0.1) is 10.0 Å². The standard InChI is InChI=1S/C19H20Cl2N2O4S/c1-12-2-5-14(6-3-12)28(25,26)27-19(24)23-9-8-18(22)15(11-23)13-4-7-16(20)17(21)10-13/h2-7,10,15,18H,8-9,11,22H2,1H3/t15-,18+/m1/s1. The van der Waals surface area contributed by atoms with Crippen LogP contribution < -0.4 is 5.73 Å². The number of nitrogens with zero attached hydrogens (tertiary/aromatic N) is 1. The van der Waals surface area contributed by atoms with Crippen molar-refractivity contribution < 1.29 is 17.4 Å². The lowest BCUT2D eigenvalue weighted by Gasteiger charge is -2.36. The van der Waals surface area contributed by atoms with Crippen LogP contribution in [0.25, 0.3) is 0 Å². The molecule has 0 bridgehead atoms. The fraction of sp³-hybridized carbons (Fsp3) is 0.316. The van der Waals surface area contributed by atoms with Crippen LogP contribution in [0.4, 0.5) is 4.79 Å². The number of benzene rings is 2. The highest BCUT2D eigenvalue weighted by molar-refractivity contribution is 7.87. The van der Waals surface area contributed by atoms with Crippen LogP contribution >= 0.6 is 23.2 Å². The van der Waals surface area contributed by atoms with Gasteiger partial charge in [0.25, 0.3) is 0 Å². The van der Waals surface area contributed by atoms with Gasteiger partial charge in [0.2, 0.25) is 0 Å². The van der Waals surface area contributed by atoms with Crippen LogP contribution in [0.2, 0.25) is 10.0 Å². The third-order valence-corrected chi connectivity index (χ3v) is 6.74. The molecule has 2 atom stereocenters. The molecule has 0 spiro atoms. The highest BCUT2D eigenvalue weighted by atomic mass is 35.5. The molecule has 28 heavy (non-hydrogen) atoms. The number of hydrogen-bond donors (Lipinski definition) is 1. The molecule has 1 fully saturated rings. The zero-order valence-corrected chi connectivity index (χ0v) is 17.5. The number of rotatable bonds is 3. The van der Waals surface area contributed by atoms with E-state index in [2.05, 4.69) is 0 Å². The number of nitrogens with two attached hydrogens (primary N) is 1. The molecule has 0 saturated carbocycles. The molecule has 1 saturated heterocycles. The van der Waals surface area contributed by atoms with Crippen LogP contribution in [0.3, 0.4) is 0 Å². The summed E-state index contributed by atoms with van der Waals surface area (Å²) in [7, 11) is -4.19. The van der Waals surface area contributed by atoms with E-state index in [9.17, 15) is 13.2 Å². The van der Waals surface area contributed by atoms with Crippen molar-refractivity contribution in [3.63, 3.8) is 0 Å². The van der Waals surface area contributed by atoms with E-state index in [1.807, 2.05) is 6.92 Å². The maximum Gasteiger partial charge on any atom is 0.425 e. The summed E-state index contributed by atoms with van der Waals surface area (Å²) >= 11 is 12.0. The molecule has 2 aromatic rings. The minimum atomic E-state index is -4.19. The third kappa shape index (κ3) is 4.60. The normalized spacial score (nSPS) is 20.1. The van der Waals surface area contributed by atoms with Crippen molar-refractivity contribution in [3.05, 3.63) is 63.6 Å². The fourth-order valence-electron chi connectivity index (χ4n) is 3.13. The van der Waals surface area contributed by atoms with Crippen molar-refractivity contribution in [1.82, 2.24) is 4.90 Å². The van der Waals surface area contributed by atoms with Crippen LogP contribution in [-0.2, 0) is 14.3 Å². The molecule has 1 aliphatic rings. The molecule has 0 aliphatic carbocycles. The molecule has 150 valence electrons. The Balaban J connectivity index is 1.75. The molecule has 1 amide bonds. The van der Waals surface area contributed by atoms with E-state index in [0.717, 1.165) is 11.1 Å². The molecule has 0 aromatic heterocycles. The molecule has 3 rings (SSSR count). The number of aryl methyl sites for hydroxylation is 1. The van der Waals surface area contributed by atoms with Gasteiger partial charge in [-0.1, -0.05) is 47.0 Å². The average Bonchev–Trinajstić information content (AvgIpc) is 2.64. The second kappa shape index (κ2) is 8.29. The Morgan fingerprint density at radius 1 is 1.14 bits per heavy atom. The minimum absolute atomic E-state index is 0.0683. The second-order valence-corrected chi connectivity index (χ2v) is 9.16. The van der Waals surface area contributed by atoms with E-state index < -0.39 is 16.2 Å². The molecule has 1 aliphatic heterocycles. The van der Waals surface area contributed by atoms with Gasteiger partial charge in [0.15, 0.2) is 0 Å². The zero-order chi connectivity index (χ0) is 20.5. The van der Waals surface area contributed by atoms with Crippen molar-refractivity contribution in [2.75, 3.05) is 13.1 Å². The van der Waals surface area contributed by atoms with Gasteiger partial charge in [0, 0.05) is 25.0 Å². The van der Waals surface area contributed by atoms with Crippen LogP contribution in [0.5, 0.6) is 0 Å². The van der Waals surface area contributed by atoms with Gasteiger partial charge in [-0.3, -0.25) is 0 Å². The number of halogens is 2. The summed E-state index contributed by atoms with van der Waals surface area (Å²) in [4.78, 5) is 13.8. The highest BCUT2D eigenvalue weighted by Crippen LogP contribution is 2.31. The van der Waals surface area contributed by atoms with E-state index in [1.165, 1.54) is 17.0 Å². The Bertz CT molecular complexity index is 980. The predicted octanol–water partition coefficient (Wildman–Crippen LogP) is 3.94. The molecular formula is C19H20Cl2N2O4S. The van der Waals surface area contributed by atoms with Crippen LogP contribution in [-0.4, -0.2) is 38.5 Å². The monoisotopic (exact) mass is 442 g/mol. The van der Waals surface area contributed by atoms with Crippen molar-refractivity contribution in [2.45, 2.75) is 30.2 Å². The van der Waals surface area contributed by atoms with Crippen LogP contribution in [0.1, 0.15) is 23.5 Å². The zero-order valence-electron chi connectivity index (χ0n) is 15.1. The average molecular weight is 443 g/mol. The van der Waals surface area contributed by atoms with Gasteiger partial charge in [-0.15, -0.1) is 0 Å². The van der Waals surface area contributed by atoms with E-state index in [1.54, 1.807) is 30.3 Å². The lowest BCUT2D eigenvalue weighted by molar-refractivity contribution is 0.134.